The van der Waals surface area contributed by atoms with Gasteiger partial charge in [-0.1, -0.05) is 19.1 Å². The largest absolute Gasteiger partial charge is 0.319 e. The van der Waals surface area contributed by atoms with Crippen LogP contribution in [0.15, 0.2) is 12.2 Å². The molecule has 0 unspecified atom stereocenters. The van der Waals surface area contributed by atoms with Gasteiger partial charge in [-0.05, 0) is 58.4 Å². The lowest BCUT2D eigenvalue weighted by Gasteiger charge is -2.29. The van der Waals surface area contributed by atoms with Crippen molar-refractivity contribution >= 4 is 0 Å². The van der Waals surface area contributed by atoms with Gasteiger partial charge in [-0.2, -0.15) is 0 Å². The summed E-state index contributed by atoms with van der Waals surface area (Å²) in [6.07, 6.45) is 8.63. The van der Waals surface area contributed by atoms with E-state index in [9.17, 15) is 0 Å². The molecule has 0 saturated carbocycles. The van der Waals surface area contributed by atoms with Crippen LogP contribution in [0.4, 0.5) is 0 Å². The highest BCUT2D eigenvalue weighted by Crippen LogP contribution is 2.17. The molecule has 0 atom stereocenters. The van der Waals surface area contributed by atoms with Crippen LogP contribution in [-0.2, 0) is 0 Å². The Hall–Kier alpha value is -0.340. The maximum Gasteiger partial charge on any atom is -0.00132 e. The molecule has 2 heteroatoms. The van der Waals surface area contributed by atoms with Gasteiger partial charge in [-0.15, -0.1) is 0 Å². The van der Waals surface area contributed by atoms with Crippen LogP contribution in [0, 0.1) is 5.92 Å². The van der Waals surface area contributed by atoms with Gasteiger partial charge in [-0.25, -0.2) is 0 Å². The molecule has 0 bridgehead atoms. The average molecular weight is 196 g/mol. The van der Waals surface area contributed by atoms with Gasteiger partial charge in [0.15, 0.2) is 0 Å². The minimum absolute atomic E-state index is 0.842. The summed E-state index contributed by atoms with van der Waals surface area (Å²) >= 11 is 0. The first-order chi connectivity index (χ1) is 6.86. The monoisotopic (exact) mass is 196 g/mol. The molecule has 1 fully saturated rings. The Morgan fingerprint density at radius 3 is 2.64 bits per heavy atom. The first-order valence-electron chi connectivity index (χ1n) is 5.90. The number of likely N-dealkylation sites (tertiary alicyclic amines) is 1. The Bertz CT molecular complexity index is 158. The highest BCUT2D eigenvalue weighted by Gasteiger charge is 2.14. The first kappa shape index (κ1) is 11.7. The van der Waals surface area contributed by atoms with Crippen LogP contribution >= 0.6 is 0 Å². The van der Waals surface area contributed by atoms with Gasteiger partial charge in [0, 0.05) is 0 Å². The van der Waals surface area contributed by atoms with Gasteiger partial charge >= 0.3 is 0 Å². The lowest BCUT2D eigenvalue weighted by molar-refractivity contribution is 0.212. The molecule has 0 amide bonds. The third-order valence-corrected chi connectivity index (χ3v) is 3.05. The van der Waals surface area contributed by atoms with Crippen molar-refractivity contribution in [3.05, 3.63) is 12.2 Å². The number of hydrogen-bond acceptors (Lipinski definition) is 2. The predicted octanol–water partition coefficient (Wildman–Crippen LogP) is 1.88. The van der Waals surface area contributed by atoms with E-state index in [2.05, 4.69) is 29.3 Å². The van der Waals surface area contributed by atoms with Gasteiger partial charge in [0.2, 0.25) is 0 Å². The molecule has 0 aliphatic carbocycles. The smallest absolute Gasteiger partial charge is 0.00132 e. The molecule has 82 valence electrons. The van der Waals surface area contributed by atoms with Crippen molar-refractivity contribution in [2.75, 3.05) is 33.2 Å². The van der Waals surface area contributed by atoms with E-state index in [1.54, 1.807) is 0 Å². The number of allylic oxidation sites excluding steroid dienone is 1. The zero-order chi connectivity index (χ0) is 10.2. The molecular formula is C12H24N2. The van der Waals surface area contributed by atoms with Gasteiger partial charge in [-0.3, -0.25) is 0 Å². The molecule has 0 aromatic heterocycles. The van der Waals surface area contributed by atoms with Crippen molar-refractivity contribution in [3.8, 4) is 0 Å². The molecule has 1 heterocycles. The lowest BCUT2D eigenvalue weighted by Crippen LogP contribution is -2.32. The van der Waals surface area contributed by atoms with Crippen LogP contribution in [0.25, 0.3) is 0 Å². The quantitative estimate of drug-likeness (QED) is 0.533. The number of piperidine rings is 1. The van der Waals surface area contributed by atoms with E-state index >= 15 is 0 Å². The van der Waals surface area contributed by atoms with E-state index < -0.39 is 0 Å². The SMILES string of the molecule is CCN1CCC(/C=C\CCNC)CC1. The third kappa shape index (κ3) is 4.25. The molecule has 0 aromatic rings. The summed E-state index contributed by atoms with van der Waals surface area (Å²) in [5, 5.41) is 3.16. The summed E-state index contributed by atoms with van der Waals surface area (Å²) in [7, 11) is 2.01. The highest BCUT2D eigenvalue weighted by atomic mass is 15.1. The number of rotatable bonds is 5. The molecule has 1 N–H and O–H groups in total. The molecule has 0 radical (unpaired) electrons. The van der Waals surface area contributed by atoms with E-state index in [0.717, 1.165) is 12.5 Å². The van der Waals surface area contributed by atoms with Gasteiger partial charge in [0.25, 0.3) is 0 Å². The fraction of sp³-hybridized carbons (Fsp3) is 0.833. The fourth-order valence-corrected chi connectivity index (χ4v) is 1.98. The molecule has 1 aliphatic rings. The van der Waals surface area contributed by atoms with Crippen LogP contribution in [0.1, 0.15) is 26.2 Å². The van der Waals surface area contributed by atoms with E-state index in [0.29, 0.717) is 0 Å². The second-order valence-corrected chi connectivity index (χ2v) is 4.09. The van der Waals surface area contributed by atoms with Crippen molar-refractivity contribution in [3.63, 3.8) is 0 Å². The fourth-order valence-electron chi connectivity index (χ4n) is 1.98. The maximum absolute atomic E-state index is 3.16. The van der Waals surface area contributed by atoms with Gasteiger partial charge in [0.1, 0.15) is 0 Å². The zero-order valence-corrected chi connectivity index (χ0v) is 9.63. The summed E-state index contributed by atoms with van der Waals surface area (Å²) in [5.41, 5.74) is 0. The Balaban J connectivity index is 2.12. The third-order valence-electron chi connectivity index (χ3n) is 3.05. The summed E-state index contributed by atoms with van der Waals surface area (Å²) < 4.78 is 0. The van der Waals surface area contributed by atoms with Crippen LogP contribution in [0.5, 0.6) is 0 Å². The van der Waals surface area contributed by atoms with Gasteiger partial charge < -0.3 is 10.2 Å². The Kier molecular flexibility index (Phi) is 5.88. The molecule has 1 saturated heterocycles. The summed E-state index contributed by atoms with van der Waals surface area (Å²) in [6.45, 7) is 7.15. The van der Waals surface area contributed by atoms with Crippen LogP contribution in [-0.4, -0.2) is 38.1 Å². The van der Waals surface area contributed by atoms with Crippen LogP contribution < -0.4 is 5.32 Å². The molecule has 0 aromatic carbocycles. The van der Waals surface area contributed by atoms with Crippen molar-refractivity contribution in [2.24, 2.45) is 5.92 Å². The molecule has 0 spiro atoms. The highest BCUT2D eigenvalue weighted by molar-refractivity contribution is 4.91. The molecule has 1 aliphatic heterocycles. The lowest BCUT2D eigenvalue weighted by atomic mass is 9.96. The van der Waals surface area contributed by atoms with E-state index in [1.807, 2.05) is 7.05 Å². The van der Waals surface area contributed by atoms with Crippen molar-refractivity contribution < 1.29 is 0 Å². The summed E-state index contributed by atoms with van der Waals surface area (Å²) in [4.78, 5) is 2.54. The van der Waals surface area contributed by atoms with E-state index in [1.165, 1.54) is 38.9 Å². The number of nitrogens with zero attached hydrogens (tertiary/aromatic N) is 1. The predicted molar refractivity (Wildman–Crippen MR) is 62.5 cm³/mol. The number of hydrogen-bond donors (Lipinski definition) is 1. The topological polar surface area (TPSA) is 15.3 Å². The molecule has 1 rings (SSSR count). The zero-order valence-electron chi connectivity index (χ0n) is 9.63. The van der Waals surface area contributed by atoms with Crippen LogP contribution in [0.3, 0.4) is 0 Å². The summed E-state index contributed by atoms with van der Waals surface area (Å²) in [5.74, 6) is 0.842. The molecular weight excluding hydrogens is 172 g/mol. The molecule has 14 heavy (non-hydrogen) atoms. The second kappa shape index (κ2) is 7.02. The van der Waals surface area contributed by atoms with Crippen molar-refractivity contribution in [1.82, 2.24) is 10.2 Å². The second-order valence-electron chi connectivity index (χ2n) is 4.09. The summed E-state index contributed by atoms with van der Waals surface area (Å²) in [6, 6.07) is 0. The average Bonchev–Trinajstić information content (AvgIpc) is 2.25. The molecule has 2 nitrogen and oxygen atoms in total. The van der Waals surface area contributed by atoms with E-state index in [-0.39, 0.29) is 0 Å². The minimum atomic E-state index is 0.842. The van der Waals surface area contributed by atoms with E-state index in [4.69, 9.17) is 0 Å². The Morgan fingerprint density at radius 2 is 2.07 bits per heavy atom. The van der Waals surface area contributed by atoms with Gasteiger partial charge in [0.05, 0.1) is 0 Å². The number of nitrogens with one attached hydrogen (secondary N) is 1. The Labute approximate surface area is 88.4 Å². The first-order valence-corrected chi connectivity index (χ1v) is 5.90. The van der Waals surface area contributed by atoms with Crippen molar-refractivity contribution in [1.29, 1.82) is 0 Å². The van der Waals surface area contributed by atoms with Crippen LogP contribution in [0.2, 0.25) is 0 Å². The normalized spacial score (nSPS) is 20.7. The Morgan fingerprint density at radius 1 is 1.36 bits per heavy atom. The maximum atomic E-state index is 3.16. The standard InChI is InChI=1S/C12H24N2/c1-3-14-10-7-12(8-11-14)6-4-5-9-13-2/h4,6,12-13H,3,5,7-11H2,1-2H3/b6-4-. The minimum Gasteiger partial charge on any atom is -0.319 e. The van der Waals surface area contributed by atoms with Crippen molar-refractivity contribution in [2.45, 2.75) is 26.2 Å².